The number of esters is 1. The Kier molecular flexibility index (Phi) is 7.78. The van der Waals surface area contributed by atoms with E-state index in [9.17, 15) is 23.1 Å². The van der Waals surface area contributed by atoms with Gasteiger partial charge in [0, 0.05) is 24.7 Å². The standard InChI is InChI=1S/C23H29F3N4O3/c1-4-33-22(32)15(3)12-30-9-5-6-17(13-30)27-20-10-14(2)21(29-28-20)18-8-7-16(11-19(18)31)23(24,25)26/h7-8,10-11,15,17,31H,4-6,9,12-13H2,1-3H3,(H,27,28)/t15-,17-/m1/s1. The number of aromatic nitrogens is 2. The van der Waals surface area contributed by atoms with Crippen molar-refractivity contribution < 1.29 is 27.8 Å². The zero-order chi connectivity index (χ0) is 24.2. The quantitative estimate of drug-likeness (QED) is 0.590. The monoisotopic (exact) mass is 466 g/mol. The van der Waals surface area contributed by atoms with E-state index < -0.39 is 17.5 Å². The predicted molar refractivity (Wildman–Crippen MR) is 118 cm³/mol. The molecule has 7 nitrogen and oxygen atoms in total. The Labute approximate surface area is 191 Å². The van der Waals surface area contributed by atoms with Crippen LogP contribution in [-0.4, -0.2) is 58.5 Å². The molecule has 33 heavy (non-hydrogen) atoms. The SMILES string of the molecule is CCOC(=O)[C@H](C)CN1CCC[C@@H](Nc2cc(C)c(-c3ccc(C(F)(F)F)cc3O)nn2)C1. The highest BCUT2D eigenvalue weighted by Gasteiger charge is 2.31. The van der Waals surface area contributed by atoms with Crippen LogP contribution in [0.1, 0.15) is 37.8 Å². The second kappa shape index (κ2) is 10.4. The third kappa shape index (κ3) is 6.34. The predicted octanol–water partition coefficient (Wildman–Crippen LogP) is 4.25. The molecular formula is C23H29F3N4O3. The lowest BCUT2D eigenvalue weighted by molar-refractivity contribution is -0.148. The number of piperidine rings is 1. The number of halogens is 3. The number of phenols is 1. The molecule has 1 aromatic carbocycles. The molecule has 0 radical (unpaired) electrons. The first-order valence-corrected chi connectivity index (χ1v) is 11.0. The molecule has 1 aliphatic heterocycles. The molecule has 1 aromatic heterocycles. The molecule has 180 valence electrons. The van der Waals surface area contributed by atoms with Crippen molar-refractivity contribution in [1.29, 1.82) is 0 Å². The zero-order valence-electron chi connectivity index (χ0n) is 18.9. The van der Waals surface area contributed by atoms with E-state index in [2.05, 4.69) is 20.4 Å². The van der Waals surface area contributed by atoms with Crippen molar-refractivity contribution in [2.45, 2.75) is 45.8 Å². The summed E-state index contributed by atoms with van der Waals surface area (Å²) in [4.78, 5) is 14.1. The van der Waals surface area contributed by atoms with Gasteiger partial charge in [0.1, 0.15) is 11.6 Å². The van der Waals surface area contributed by atoms with Crippen LogP contribution < -0.4 is 5.32 Å². The molecule has 0 spiro atoms. The molecule has 10 heteroatoms. The minimum absolute atomic E-state index is 0.118. The Hall–Kier alpha value is -2.88. The van der Waals surface area contributed by atoms with E-state index >= 15 is 0 Å². The summed E-state index contributed by atoms with van der Waals surface area (Å²) in [5, 5.41) is 21.8. The van der Waals surface area contributed by atoms with Crippen molar-refractivity contribution in [3.8, 4) is 17.0 Å². The van der Waals surface area contributed by atoms with Gasteiger partial charge < -0.3 is 20.1 Å². The fraction of sp³-hybridized carbons (Fsp3) is 0.522. The highest BCUT2D eigenvalue weighted by Crippen LogP contribution is 2.36. The van der Waals surface area contributed by atoms with Gasteiger partial charge in [0.05, 0.1) is 23.8 Å². The Bertz CT molecular complexity index is 984. The average molecular weight is 467 g/mol. The lowest BCUT2D eigenvalue weighted by Gasteiger charge is -2.34. The summed E-state index contributed by atoms with van der Waals surface area (Å²) in [5.41, 5.74) is 0.259. The van der Waals surface area contributed by atoms with Gasteiger partial charge in [-0.1, -0.05) is 6.92 Å². The number of carbonyl (C=O) groups excluding carboxylic acids is 1. The number of likely N-dealkylation sites (tertiary alicyclic amines) is 1. The topological polar surface area (TPSA) is 87.6 Å². The molecule has 2 atom stereocenters. The molecule has 1 saturated heterocycles. The summed E-state index contributed by atoms with van der Waals surface area (Å²) in [6.45, 7) is 8.04. The van der Waals surface area contributed by atoms with E-state index in [1.54, 1.807) is 19.9 Å². The molecule has 0 bridgehead atoms. The van der Waals surface area contributed by atoms with E-state index in [1.807, 2.05) is 6.92 Å². The number of nitrogens with zero attached hydrogens (tertiary/aromatic N) is 3. The zero-order valence-corrected chi connectivity index (χ0v) is 18.9. The lowest BCUT2D eigenvalue weighted by Crippen LogP contribution is -2.45. The molecule has 0 unspecified atom stereocenters. The smallest absolute Gasteiger partial charge is 0.416 e. The van der Waals surface area contributed by atoms with Crippen LogP contribution in [0, 0.1) is 12.8 Å². The van der Waals surface area contributed by atoms with Gasteiger partial charge >= 0.3 is 12.1 Å². The molecule has 0 aliphatic carbocycles. The van der Waals surface area contributed by atoms with Crippen LogP contribution in [0.3, 0.4) is 0 Å². The van der Waals surface area contributed by atoms with Crippen molar-refractivity contribution in [3.63, 3.8) is 0 Å². The van der Waals surface area contributed by atoms with Crippen LogP contribution in [0.15, 0.2) is 24.3 Å². The van der Waals surface area contributed by atoms with Gasteiger partial charge in [-0.2, -0.15) is 13.2 Å². The number of hydrogen-bond donors (Lipinski definition) is 2. The number of carbonyl (C=O) groups is 1. The van der Waals surface area contributed by atoms with Crippen molar-refractivity contribution in [2.24, 2.45) is 5.92 Å². The normalized spacial score (nSPS) is 18.1. The number of anilines is 1. The number of phenolic OH excluding ortho intramolecular Hbond substituents is 1. The summed E-state index contributed by atoms with van der Waals surface area (Å²) in [6.07, 6.45) is -2.63. The molecule has 1 aliphatic rings. The Balaban J connectivity index is 1.66. The minimum Gasteiger partial charge on any atom is -0.507 e. The van der Waals surface area contributed by atoms with Crippen molar-refractivity contribution in [1.82, 2.24) is 15.1 Å². The second-order valence-electron chi connectivity index (χ2n) is 8.39. The fourth-order valence-electron chi connectivity index (χ4n) is 4.02. The number of alkyl halides is 3. The molecule has 0 saturated carbocycles. The molecule has 0 amide bonds. The number of aromatic hydroxyl groups is 1. The van der Waals surface area contributed by atoms with Crippen LogP contribution in [0.4, 0.5) is 19.0 Å². The maximum absolute atomic E-state index is 12.9. The minimum atomic E-state index is -4.54. The van der Waals surface area contributed by atoms with Gasteiger partial charge in [-0.05, 0) is 63.1 Å². The second-order valence-corrected chi connectivity index (χ2v) is 8.39. The molecule has 2 heterocycles. The van der Waals surface area contributed by atoms with E-state index in [-0.39, 0.29) is 23.5 Å². The Morgan fingerprint density at radius 3 is 2.73 bits per heavy atom. The summed E-state index contributed by atoms with van der Waals surface area (Å²) in [5.74, 6) is -0.355. The van der Waals surface area contributed by atoms with E-state index in [1.165, 1.54) is 6.07 Å². The maximum Gasteiger partial charge on any atom is 0.416 e. The average Bonchev–Trinajstić information content (AvgIpc) is 2.74. The van der Waals surface area contributed by atoms with Gasteiger partial charge in [0.15, 0.2) is 0 Å². The van der Waals surface area contributed by atoms with Gasteiger partial charge in [-0.3, -0.25) is 4.79 Å². The molecular weight excluding hydrogens is 437 g/mol. The molecule has 2 N–H and O–H groups in total. The number of aryl methyl sites for hydroxylation is 1. The van der Waals surface area contributed by atoms with Gasteiger partial charge in [-0.15, -0.1) is 10.2 Å². The largest absolute Gasteiger partial charge is 0.507 e. The third-order valence-electron chi connectivity index (χ3n) is 5.64. The van der Waals surface area contributed by atoms with E-state index in [0.717, 1.165) is 32.0 Å². The van der Waals surface area contributed by atoms with Crippen molar-refractivity contribution in [3.05, 3.63) is 35.4 Å². The number of benzene rings is 1. The number of ether oxygens (including phenoxy) is 1. The first kappa shape index (κ1) is 24.8. The lowest BCUT2D eigenvalue weighted by atomic mass is 10.0. The summed E-state index contributed by atoms with van der Waals surface area (Å²) in [7, 11) is 0. The van der Waals surface area contributed by atoms with Gasteiger partial charge in [0.25, 0.3) is 0 Å². The third-order valence-corrected chi connectivity index (χ3v) is 5.64. The fourth-order valence-corrected chi connectivity index (χ4v) is 4.02. The number of nitrogens with one attached hydrogen (secondary N) is 1. The van der Waals surface area contributed by atoms with Crippen molar-refractivity contribution in [2.75, 3.05) is 31.6 Å². The van der Waals surface area contributed by atoms with E-state index in [4.69, 9.17) is 4.74 Å². The van der Waals surface area contributed by atoms with E-state index in [0.29, 0.717) is 36.3 Å². The molecule has 1 fully saturated rings. The van der Waals surface area contributed by atoms with Gasteiger partial charge in [-0.25, -0.2) is 0 Å². The van der Waals surface area contributed by atoms with Crippen LogP contribution in [0.25, 0.3) is 11.3 Å². The highest BCUT2D eigenvalue weighted by molar-refractivity contribution is 5.72. The molecule has 2 aromatic rings. The first-order valence-electron chi connectivity index (χ1n) is 11.0. The number of hydrogen-bond acceptors (Lipinski definition) is 7. The Morgan fingerprint density at radius 1 is 1.33 bits per heavy atom. The van der Waals surface area contributed by atoms with Crippen LogP contribution >= 0.6 is 0 Å². The number of rotatable bonds is 7. The maximum atomic E-state index is 12.9. The summed E-state index contributed by atoms with van der Waals surface area (Å²) in [6, 6.07) is 4.69. The van der Waals surface area contributed by atoms with Gasteiger partial charge in [0.2, 0.25) is 0 Å². The van der Waals surface area contributed by atoms with Crippen LogP contribution in [-0.2, 0) is 15.7 Å². The van der Waals surface area contributed by atoms with Crippen molar-refractivity contribution >= 4 is 11.8 Å². The summed E-state index contributed by atoms with van der Waals surface area (Å²) >= 11 is 0. The van der Waals surface area contributed by atoms with Crippen LogP contribution in [0.5, 0.6) is 5.75 Å². The first-order chi connectivity index (χ1) is 15.6. The Morgan fingerprint density at radius 2 is 2.09 bits per heavy atom. The van der Waals surface area contributed by atoms with Crippen LogP contribution in [0.2, 0.25) is 0 Å². The highest BCUT2D eigenvalue weighted by atomic mass is 19.4. The summed E-state index contributed by atoms with van der Waals surface area (Å²) < 4.78 is 43.7. The molecule has 3 rings (SSSR count).